The Balaban J connectivity index is 1.58. The van der Waals surface area contributed by atoms with Crippen LogP contribution in [0.1, 0.15) is 40.0 Å². The highest BCUT2D eigenvalue weighted by Crippen LogP contribution is 2.16. The Morgan fingerprint density at radius 3 is 2.72 bits per heavy atom. The predicted octanol–water partition coefficient (Wildman–Crippen LogP) is 2.49. The Labute approximate surface area is 145 Å². The van der Waals surface area contributed by atoms with Gasteiger partial charge in [0.2, 0.25) is 0 Å². The van der Waals surface area contributed by atoms with Crippen LogP contribution in [0.15, 0.2) is 36.7 Å². The van der Waals surface area contributed by atoms with Crippen LogP contribution in [0.2, 0.25) is 0 Å². The summed E-state index contributed by atoms with van der Waals surface area (Å²) in [6.45, 7) is 1.49. The Hall–Kier alpha value is -2.67. The lowest BCUT2D eigenvalue weighted by Crippen LogP contribution is -2.24. The van der Waals surface area contributed by atoms with Crippen LogP contribution in [0.3, 0.4) is 0 Å². The van der Waals surface area contributed by atoms with Crippen molar-refractivity contribution in [3.05, 3.63) is 47.8 Å². The van der Waals surface area contributed by atoms with Gasteiger partial charge in [0.15, 0.2) is 0 Å². The van der Waals surface area contributed by atoms with Gasteiger partial charge in [-0.15, -0.1) is 0 Å². The number of ether oxygens (including phenoxy) is 2. The quantitative estimate of drug-likeness (QED) is 0.844. The number of amides is 1. The SMILES string of the molecule is COC(=O)c1ccc(C(=O)Nc2cnn(C[C@H]3CCCCO3)c2)cc1. The summed E-state index contributed by atoms with van der Waals surface area (Å²) in [5.41, 5.74) is 1.48. The Kier molecular flexibility index (Phi) is 5.45. The van der Waals surface area contributed by atoms with Gasteiger partial charge in [0.25, 0.3) is 5.91 Å². The Morgan fingerprint density at radius 1 is 1.28 bits per heavy atom. The van der Waals surface area contributed by atoms with Crippen molar-refractivity contribution in [3.63, 3.8) is 0 Å². The summed E-state index contributed by atoms with van der Waals surface area (Å²) in [4.78, 5) is 23.7. The van der Waals surface area contributed by atoms with Crippen LogP contribution in [0.4, 0.5) is 5.69 Å². The van der Waals surface area contributed by atoms with E-state index in [4.69, 9.17) is 4.74 Å². The molecule has 7 nitrogen and oxygen atoms in total. The van der Waals surface area contributed by atoms with Gasteiger partial charge in [-0.3, -0.25) is 9.48 Å². The lowest BCUT2D eigenvalue weighted by molar-refractivity contribution is 0.00400. The number of anilines is 1. The van der Waals surface area contributed by atoms with Crippen LogP contribution in [-0.4, -0.2) is 41.5 Å². The monoisotopic (exact) mass is 343 g/mol. The molecule has 0 aliphatic carbocycles. The minimum absolute atomic E-state index is 0.183. The fourth-order valence-electron chi connectivity index (χ4n) is 2.77. The minimum Gasteiger partial charge on any atom is -0.465 e. The van der Waals surface area contributed by atoms with Gasteiger partial charge in [-0.25, -0.2) is 4.79 Å². The van der Waals surface area contributed by atoms with E-state index in [1.165, 1.54) is 13.5 Å². The van der Waals surface area contributed by atoms with Gasteiger partial charge in [-0.05, 0) is 43.5 Å². The molecule has 1 aliphatic heterocycles. The smallest absolute Gasteiger partial charge is 0.337 e. The molecule has 0 unspecified atom stereocenters. The van der Waals surface area contributed by atoms with Gasteiger partial charge in [0.1, 0.15) is 0 Å². The molecule has 1 saturated heterocycles. The number of methoxy groups -OCH3 is 1. The average Bonchev–Trinajstić information content (AvgIpc) is 3.08. The molecule has 1 aliphatic rings. The molecule has 1 amide bonds. The summed E-state index contributed by atoms with van der Waals surface area (Å²) in [6, 6.07) is 6.29. The van der Waals surface area contributed by atoms with E-state index in [1.807, 2.05) is 0 Å². The zero-order valence-corrected chi connectivity index (χ0v) is 14.1. The molecule has 1 fully saturated rings. The fourth-order valence-corrected chi connectivity index (χ4v) is 2.77. The molecule has 1 aromatic heterocycles. The number of benzene rings is 1. The Bertz CT molecular complexity index is 733. The number of rotatable bonds is 5. The van der Waals surface area contributed by atoms with Crippen molar-refractivity contribution >= 4 is 17.6 Å². The maximum atomic E-state index is 12.3. The zero-order valence-electron chi connectivity index (χ0n) is 14.1. The molecule has 3 rings (SSSR count). The molecule has 7 heteroatoms. The molecule has 1 N–H and O–H groups in total. The Morgan fingerprint density at radius 2 is 2.04 bits per heavy atom. The average molecular weight is 343 g/mol. The van der Waals surface area contributed by atoms with E-state index in [9.17, 15) is 9.59 Å². The molecule has 1 atom stereocenters. The molecule has 132 valence electrons. The van der Waals surface area contributed by atoms with E-state index in [0.717, 1.165) is 19.4 Å². The van der Waals surface area contributed by atoms with E-state index in [0.29, 0.717) is 23.4 Å². The molecule has 1 aromatic carbocycles. The molecule has 25 heavy (non-hydrogen) atoms. The molecule has 2 aromatic rings. The lowest BCUT2D eigenvalue weighted by Gasteiger charge is -2.22. The van der Waals surface area contributed by atoms with Crippen molar-refractivity contribution in [2.75, 3.05) is 19.0 Å². The van der Waals surface area contributed by atoms with Gasteiger partial charge in [0.05, 0.1) is 37.2 Å². The van der Waals surface area contributed by atoms with Crippen molar-refractivity contribution in [3.8, 4) is 0 Å². The van der Waals surface area contributed by atoms with Crippen molar-refractivity contribution < 1.29 is 19.1 Å². The van der Waals surface area contributed by atoms with Crippen molar-refractivity contribution in [2.45, 2.75) is 31.9 Å². The largest absolute Gasteiger partial charge is 0.465 e. The number of aromatic nitrogens is 2. The number of esters is 1. The highest BCUT2D eigenvalue weighted by molar-refractivity contribution is 6.04. The second-order valence-corrected chi connectivity index (χ2v) is 5.96. The maximum absolute atomic E-state index is 12.3. The molecular weight excluding hydrogens is 322 g/mol. The van der Waals surface area contributed by atoms with Crippen LogP contribution in [-0.2, 0) is 16.0 Å². The van der Waals surface area contributed by atoms with E-state index >= 15 is 0 Å². The van der Waals surface area contributed by atoms with Gasteiger partial charge in [-0.1, -0.05) is 0 Å². The first-order chi connectivity index (χ1) is 12.2. The fraction of sp³-hybridized carbons (Fsp3) is 0.389. The van der Waals surface area contributed by atoms with Crippen LogP contribution in [0.5, 0.6) is 0 Å². The maximum Gasteiger partial charge on any atom is 0.337 e. The standard InChI is InChI=1S/C18H21N3O4/c1-24-18(23)14-7-5-13(6-8-14)17(22)20-15-10-19-21(11-15)12-16-4-2-3-9-25-16/h5-8,10-11,16H,2-4,9,12H2,1H3,(H,20,22)/t16-/m1/s1. The van der Waals surface area contributed by atoms with E-state index in [-0.39, 0.29) is 12.0 Å². The number of carbonyl (C=O) groups excluding carboxylic acids is 2. The summed E-state index contributed by atoms with van der Waals surface area (Å²) < 4.78 is 12.1. The van der Waals surface area contributed by atoms with Crippen molar-refractivity contribution in [1.82, 2.24) is 9.78 Å². The number of hydrogen-bond donors (Lipinski definition) is 1. The van der Waals surface area contributed by atoms with Gasteiger partial charge < -0.3 is 14.8 Å². The highest BCUT2D eigenvalue weighted by Gasteiger charge is 2.15. The number of nitrogens with one attached hydrogen (secondary N) is 1. The number of hydrogen-bond acceptors (Lipinski definition) is 5. The van der Waals surface area contributed by atoms with Crippen molar-refractivity contribution in [2.24, 2.45) is 0 Å². The zero-order chi connectivity index (χ0) is 17.6. The molecular formula is C18H21N3O4. The third-order valence-corrected chi connectivity index (χ3v) is 4.12. The topological polar surface area (TPSA) is 82.5 Å². The predicted molar refractivity (Wildman–Crippen MR) is 91.6 cm³/mol. The van der Waals surface area contributed by atoms with E-state index in [1.54, 1.807) is 41.3 Å². The summed E-state index contributed by atoms with van der Waals surface area (Å²) in [5.74, 6) is -0.692. The van der Waals surface area contributed by atoms with Crippen LogP contribution in [0, 0.1) is 0 Å². The van der Waals surface area contributed by atoms with E-state index < -0.39 is 5.97 Å². The lowest BCUT2D eigenvalue weighted by atomic mass is 10.1. The summed E-state index contributed by atoms with van der Waals surface area (Å²) in [5, 5.41) is 7.07. The van der Waals surface area contributed by atoms with Crippen LogP contribution >= 0.6 is 0 Å². The summed E-state index contributed by atoms with van der Waals surface area (Å²) in [7, 11) is 1.32. The van der Waals surface area contributed by atoms with Gasteiger partial charge in [-0.2, -0.15) is 5.10 Å². The summed E-state index contributed by atoms with van der Waals surface area (Å²) in [6.07, 6.45) is 6.92. The highest BCUT2D eigenvalue weighted by atomic mass is 16.5. The van der Waals surface area contributed by atoms with Crippen LogP contribution < -0.4 is 5.32 Å². The van der Waals surface area contributed by atoms with E-state index in [2.05, 4.69) is 15.2 Å². The number of carbonyl (C=O) groups is 2. The molecule has 0 radical (unpaired) electrons. The third-order valence-electron chi connectivity index (χ3n) is 4.12. The normalized spacial score (nSPS) is 17.1. The van der Waals surface area contributed by atoms with Crippen LogP contribution in [0.25, 0.3) is 0 Å². The molecule has 0 saturated carbocycles. The summed E-state index contributed by atoms with van der Waals surface area (Å²) >= 11 is 0. The van der Waals surface area contributed by atoms with Gasteiger partial charge in [0, 0.05) is 18.4 Å². The molecule has 0 bridgehead atoms. The molecule has 0 spiro atoms. The first-order valence-electron chi connectivity index (χ1n) is 8.29. The first kappa shape index (κ1) is 17.2. The first-order valence-corrected chi connectivity index (χ1v) is 8.29. The number of nitrogens with zero attached hydrogens (tertiary/aromatic N) is 2. The second kappa shape index (κ2) is 7.94. The minimum atomic E-state index is -0.432. The van der Waals surface area contributed by atoms with Gasteiger partial charge >= 0.3 is 5.97 Å². The second-order valence-electron chi connectivity index (χ2n) is 5.96. The third kappa shape index (κ3) is 4.45. The van der Waals surface area contributed by atoms with Crippen molar-refractivity contribution in [1.29, 1.82) is 0 Å². The molecule has 2 heterocycles.